The summed E-state index contributed by atoms with van der Waals surface area (Å²) in [6.07, 6.45) is 0. The van der Waals surface area contributed by atoms with E-state index in [0.717, 1.165) is 0 Å². The zero-order chi connectivity index (χ0) is 13.1. The van der Waals surface area contributed by atoms with Crippen LogP contribution in [0.1, 0.15) is 10.4 Å². The minimum atomic E-state index is -0.278. The first-order valence-corrected chi connectivity index (χ1v) is 5.39. The van der Waals surface area contributed by atoms with Gasteiger partial charge >= 0.3 is 0 Å². The predicted octanol–water partition coefficient (Wildman–Crippen LogP) is 1.69. The van der Waals surface area contributed by atoms with E-state index in [-0.39, 0.29) is 5.91 Å². The quantitative estimate of drug-likeness (QED) is 0.601. The number of nitrogens with one attached hydrogen (secondary N) is 1. The molecule has 0 heterocycles. The Bertz CT molecular complexity index is 558. The largest absolute Gasteiger partial charge is 0.397 e. The molecule has 0 saturated carbocycles. The van der Waals surface area contributed by atoms with Gasteiger partial charge in [-0.25, -0.2) is 0 Å². The van der Waals surface area contributed by atoms with Crippen molar-refractivity contribution in [2.75, 3.05) is 22.5 Å². The maximum absolute atomic E-state index is 12.0. The molecule has 0 aliphatic carbocycles. The van der Waals surface area contributed by atoms with Crippen LogP contribution in [0.15, 0.2) is 42.5 Å². The third-order valence-electron chi connectivity index (χ3n) is 2.54. The fourth-order valence-corrected chi connectivity index (χ4v) is 1.55. The van der Waals surface area contributed by atoms with Gasteiger partial charge in [0.2, 0.25) is 0 Å². The van der Waals surface area contributed by atoms with Gasteiger partial charge in [-0.05, 0) is 24.3 Å². The van der Waals surface area contributed by atoms with E-state index in [1.807, 2.05) is 18.2 Å². The molecule has 0 spiro atoms. The van der Waals surface area contributed by atoms with Crippen LogP contribution in [0.4, 0.5) is 22.7 Å². The fourth-order valence-electron chi connectivity index (χ4n) is 1.55. The van der Waals surface area contributed by atoms with Crippen molar-refractivity contribution in [2.24, 2.45) is 0 Å². The minimum Gasteiger partial charge on any atom is -0.397 e. The monoisotopic (exact) mass is 242 g/mol. The molecule has 5 nitrogen and oxygen atoms in total. The van der Waals surface area contributed by atoms with E-state index in [0.29, 0.717) is 28.3 Å². The van der Waals surface area contributed by atoms with Crippen molar-refractivity contribution in [3.63, 3.8) is 0 Å². The first kappa shape index (κ1) is 11.8. The summed E-state index contributed by atoms with van der Waals surface area (Å²) in [6, 6.07) is 12.1. The maximum atomic E-state index is 12.0. The van der Waals surface area contributed by atoms with Crippen molar-refractivity contribution in [3.8, 4) is 0 Å². The van der Waals surface area contributed by atoms with Crippen molar-refractivity contribution in [2.45, 2.75) is 0 Å². The topological polar surface area (TPSA) is 107 Å². The number of nitrogens with two attached hydrogens (primary N) is 3. The van der Waals surface area contributed by atoms with Crippen LogP contribution < -0.4 is 22.5 Å². The number of amides is 1. The molecule has 0 aromatic heterocycles. The van der Waals surface area contributed by atoms with Gasteiger partial charge in [-0.15, -0.1) is 0 Å². The summed E-state index contributed by atoms with van der Waals surface area (Å²) in [6.45, 7) is 0. The van der Waals surface area contributed by atoms with Gasteiger partial charge in [-0.3, -0.25) is 4.79 Å². The van der Waals surface area contributed by atoms with Crippen LogP contribution in [0.2, 0.25) is 0 Å². The van der Waals surface area contributed by atoms with E-state index < -0.39 is 0 Å². The van der Waals surface area contributed by atoms with Crippen molar-refractivity contribution in [3.05, 3.63) is 48.0 Å². The second kappa shape index (κ2) is 4.67. The number of hydrogen-bond donors (Lipinski definition) is 4. The SMILES string of the molecule is Nc1cc(C(=O)Nc2ccccc2)cc(N)c1N. The number of benzene rings is 2. The number of para-hydroxylation sites is 1. The van der Waals surface area contributed by atoms with Crippen LogP contribution in [0, 0.1) is 0 Å². The molecular formula is C13H14N4O. The Morgan fingerprint density at radius 3 is 2.06 bits per heavy atom. The molecule has 0 unspecified atom stereocenters. The van der Waals surface area contributed by atoms with E-state index in [1.54, 1.807) is 12.1 Å². The van der Waals surface area contributed by atoms with Gasteiger partial charge < -0.3 is 22.5 Å². The smallest absolute Gasteiger partial charge is 0.255 e. The molecular weight excluding hydrogens is 228 g/mol. The lowest BCUT2D eigenvalue weighted by atomic mass is 10.1. The van der Waals surface area contributed by atoms with Crippen LogP contribution in [0.25, 0.3) is 0 Å². The van der Waals surface area contributed by atoms with E-state index in [4.69, 9.17) is 17.2 Å². The number of carbonyl (C=O) groups excluding carboxylic acids is 1. The number of anilines is 4. The van der Waals surface area contributed by atoms with Crippen LogP contribution in [-0.2, 0) is 0 Å². The van der Waals surface area contributed by atoms with Crippen LogP contribution in [0.3, 0.4) is 0 Å². The standard InChI is InChI=1S/C13H14N4O/c14-10-6-8(7-11(15)12(10)16)13(18)17-9-4-2-1-3-5-9/h1-7H,14-16H2,(H,17,18). The molecule has 2 aromatic carbocycles. The lowest BCUT2D eigenvalue weighted by molar-refractivity contribution is 0.102. The zero-order valence-electron chi connectivity index (χ0n) is 9.68. The number of nitrogen functional groups attached to an aromatic ring is 3. The van der Waals surface area contributed by atoms with Gasteiger partial charge in [0, 0.05) is 11.3 Å². The maximum Gasteiger partial charge on any atom is 0.255 e. The molecule has 0 radical (unpaired) electrons. The highest BCUT2D eigenvalue weighted by atomic mass is 16.1. The Hall–Kier alpha value is -2.69. The van der Waals surface area contributed by atoms with Crippen LogP contribution in [0.5, 0.6) is 0 Å². The number of rotatable bonds is 2. The van der Waals surface area contributed by atoms with Gasteiger partial charge in [0.25, 0.3) is 5.91 Å². The summed E-state index contributed by atoms with van der Waals surface area (Å²) in [5.41, 5.74) is 18.9. The van der Waals surface area contributed by atoms with E-state index in [1.165, 1.54) is 12.1 Å². The minimum absolute atomic E-state index is 0.278. The van der Waals surface area contributed by atoms with Gasteiger partial charge in [0.05, 0.1) is 17.1 Å². The summed E-state index contributed by atoms with van der Waals surface area (Å²) in [7, 11) is 0. The molecule has 5 heteroatoms. The molecule has 0 aliphatic heterocycles. The highest BCUT2D eigenvalue weighted by Crippen LogP contribution is 2.24. The van der Waals surface area contributed by atoms with E-state index >= 15 is 0 Å². The van der Waals surface area contributed by atoms with Crippen molar-refractivity contribution in [1.82, 2.24) is 0 Å². The number of carbonyl (C=O) groups is 1. The molecule has 0 atom stereocenters. The molecule has 0 fully saturated rings. The van der Waals surface area contributed by atoms with Gasteiger partial charge in [-0.2, -0.15) is 0 Å². The third-order valence-corrected chi connectivity index (χ3v) is 2.54. The molecule has 2 aromatic rings. The van der Waals surface area contributed by atoms with Gasteiger partial charge in [0.15, 0.2) is 0 Å². The highest BCUT2D eigenvalue weighted by Gasteiger charge is 2.10. The van der Waals surface area contributed by atoms with Crippen LogP contribution >= 0.6 is 0 Å². The molecule has 1 amide bonds. The summed E-state index contributed by atoms with van der Waals surface area (Å²) in [4.78, 5) is 12.0. The summed E-state index contributed by atoms with van der Waals surface area (Å²) in [5, 5.41) is 2.74. The average Bonchev–Trinajstić information content (AvgIpc) is 2.36. The molecule has 18 heavy (non-hydrogen) atoms. The summed E-state index contributed by atoms with van der Waals surface area (Å²) < 4.78 is 0. The Morgan fingerprint density at radius 2 is 1.50 bits per heavy atom. The molecule has 92 valence electrons. The van der Waals surface area contributed by atoms with Crippen molar-refractivity contribution < 1.29 is 4.79 Å². The lowest BCUT2D eigenvalue weighted by Gasteiger charge is -2.09. The summed E-state index contributed by atoms with van der Waals surface area (Å²) in [5.74, 6) is -0.278. The number of hydrogen-bond acceptors (Lipinski definition) is 4. The Kier molecular flexibility index (Phi) is 3.05. The first-order chi connectivity index (χ1) is 8.58. The Morgan fingerprint density at radius 1 is 0.944 bits per heavy atom. The normalized spacial score (nSPS) is 10.0. The second-order valence-corrected chi connectivity index (χ2v) is 3.89. The van der Waals surface area contributed by atoms with Gasteiger partial charge in [-0.1, -0.05) is 18.2 Å². The van der Waals surface area contributed by atoms with E-state index in [9.17, 15) is 4.79 Å². The third kappa shape index (κ3) is 2.35. The van der Waals surface area contributed by atoms with Gasteiger partial charge in [0.1, 0.15) is 0 Å². The molecule has 7 N–H and O–H groups in total. The van der Waals surface area contributed by atoms with Crippen LogP contribution in [-0.4, -0.2) is 5.91 Å². The predicted molar refractivity (Wildman–Crippen MR) is 74.1 cm³/mol. The molecule has 0 saturated heterocycles. The molecule has 0 aliphatic rings. The Labute approximate surface area is 105 Å². The van der Waals surface area contributed by atoms with E-state index in [2.05, 4.69) is 5.32 Å². The fraction of sp³-hybridized carbons (Fsp3) is 0. The summed E-state index contributed by atoms with van der Waals surface area (Å²) >= 11 is 0. The highest BCUT2D eigenvalue weighted by molar-refractivity contribution is 6.06. The molecule has 0 bridgehead atoms. The molecule has 2 rings (SSSR count). The second-order valence-electron chi connectivity index (χ2n) is 3.89. The Balaban J connectivity index is 2.25. The van der Waals surface area contributed by atoms with Crippen molar-refractivity contribution in [1.29, 1.82) is 0 Å². The average molecular weight is 242 g/mol. The van der Waals surface area contributed by atoms with Crippen molar-refractivity contribution >= 4 is 28.7 Å². The first-order valence-electron chi connectivity index (χ1n) is 5.39. The zero-order valence-corrected chi connectivity index (χ0v) is 9.68. The lowest BCUT2D eigenvalue weighted by Crippen LogP contribution is -2.13.